The van der Waals surface area contributed by atoms with E-state index in [0.29, 0.717) is 5.78 Å². The van der Waals surface area contributed by atoms with Crippen molar-refractivity contribution in [3.05, 3.63) is 41.5 Å². The van der Waals surface area contributed by atoms with E-state index in [0.717, 1.165) is 30.5 Å². The molecule has 21 heavy (non-hydrogen) atoms. The first kappa shape index (κ1) is 16.3. The molecule has 1 unspecified atom stereocenters. The van der Waals surface area contributed by atoms with Crippen LogP contribution in [0.2, 0.25) is 0 Å². The molecule has 0 aromatic heterocycles. The fraction of sp³-hybridized carbons (Fsp3) is 0.500. The van der Waals surface area contributed by atoms with Crippen molar-refractivity contribution in [1.82, 2.24) is 4.90 Å². The predicted molar refractivity (Wildman–Crippen MR) is 89.7 cm³/mol. The molecule has 3 heteroatoms. The molecule has 1 aliphatic carbocycles. The van der Waals surface area contributed by atoms with Crippen molar-refractivity contribution < 1.29 is 4.79 Å². The third-order valence-corrected chi connectivity index (χ3v) is 4.52. The van der Waals surface area contributed by atoms with Gasteiger partial charge in [-0.3, -0.25) is 4.79 Å². The molecule has 1 aromatic carbocycles. The molecule has 3 rings (SSSR count). The molecule has 1 atom stereocenters. The number of benzene rings is 1. The van der Waals surface area contributed by atoms with Crippen molar-refractivity contribution in [1.29, 1.82) is 0 Å². The van der Waals surface area contributed by atoms with Crippen LogP contribution in [0.25, 0.3) is 6.08 Å². The summed E-state index contributed by atoms with van der Waals surface area (Å²) in [5.41, 5.74) is 2.17. The van der Waals surface area contributed by atoms with Crippen LogP contribution in [0.3, 0.4) is 0 Å². The number of likely N-dealkylation sites (tertiary alicyclic amines) is 1. The Hall–Kier alpha value is -1.12. The van der Waals surface area contributed by atoms with E-state index in [9.17, 15) is 4.79 Å². The molecule has 0 spiro atoms. The minimum Gasteiger partial charge on any atom is -0.303 e. The Morgan fingerprint density at radius 2 is 1.81 bits per heavy atom. The van der Waals surface area contributed by atoms with Crippen LogP contribution in [0.5, 0.6) is 0 Å². The van der Waals surface area contributed by atoms with Crippen molar-refractivity contribution in [3.8, 4) is 0 Å². The summed E-state index contributed by atoms with van der Waals surface area (Å²) in [6, 6.07) is 10.2. The molecule has 0 amide bonds. The number of carbonyl (C=O) groups excluding carboxylic acids is 1. The normalized spacial score (nSPS) is 25.0. The van der Waals surface area contributed by atoms with Crippen molar-refractivity contribution >= 4 is 24.3 Å². The lowest BCUT2D eigenvalue weighted by Gasteiger charge is -2.28. The third kappa shape index (κ3) is 4.18. The number of Topliss-reactive ketones (excluding diaryl/α,β-unsaturated/α-hetero) is 1. The summed E-state index contributed by atoms with van der Waals surface area (Å²) in [5.74, 6) is 0.627. The van der Waals surface area contributed by atoms with Crippen LogP contribution in [0.4, 0.5) is 0 Å². The van der Waals surface area contributed by atoms with Crippen LogP contribution < -0.4 is 0 Å². The number of hydrogen-bond donors (Lipinski definition) is 0. The highest BCUT2D eigenvalue weighted by molar-refractivity contribution is 6.03. The smallest absolute Gasteiger partial charge is 0.163 e. The summed E-state index contributed by atoms with van der Waals surface area (Å²) in [7, 11) is 0. The first-order valence-corrected chi connectivity index (χ1v) is 7.85. The maximum atomic E-state index is 12.5. The first-order valence-electron chi connectivity index (χ1n) is 7.85. The standard InChI is InChI=1S/C18H23NO.ClH/c20-18-16(13-15-7-3-1-4-8-15)9-10-17(18)14-19-11-5-2-6-12-19;/h1,3-4,7-8,13,17H,2,5-6,9-12,14H2;1H/b16-13+;. The fourth-order valence-corrected chi connectivity index (χ4v) is 3.37. The van der Waals surface area contributed by atoms with Crippen molar-refractivity contribution in [2.45, 2.75) is 32.1 Å². The zero-order valence-corrected chi connectivity index (χ0v) is 13.3. The van der Waals surface area contributed by atoms with E-state index in [4.69, 9.17) is 0 Å². The SMILES string of the molecule is Cl.O=C1/C(=C/c2ccccc2)CCC1CN1CCCCC1. The van der Waals surface area contributed by atoms with Gasteiger partial charge in [0.2, 0.25) is 0 Å². The molecule has 0 radical (unpaired) electrons. The molecule has 1 saturated heterocycles. The van der Waals surface area contributed by atoms with Gasteiger partial charge in [0.05, 0.1) is 0 Å². The van der Waals surface area contributed by atoms with Gasteiger partial charge in [-0.1, -0.05) is 36.8 Å². The van der Waals surface area contributed by atoms with E-state index < -0.39 is 0 Å². The quantitative estimate of drug-likeness (QED) is 0.788. The van der Waals surface area contributed by atoms with E-state index in [-0.39, 0.29) is 18.3 Å². The molecule has 0 N–H and O–H groups in total. The zero-order valence-electron chi connectivity index (χ0n) is 12.5. The van der Waals surface area contributed by atoms with Gasteiger partial charge in [0.25, 0.3) is 0 Å². The Bertz CT molecular complexity index is 491. The number of halogens is 1. The van der Waals surface area contributed by atoms with Crippen LogP contribution in [0, 0.1) is 5.92 Å². The van der Waals surface area contributed by atoms with Crippen LogP contribution in [0.1, 0.15) is 37.7 Å². The predicted octanol–water partition coefficient (Wildman–Crippen LogP) is 3.96. The van der Waals surface area contributed by atoms with E-state index in [1.54, 1.807) is 0 Å². The van der Waals surface area contributed by atoms with Crippen LogP contribution in [-0.4, -0.2) is 30.3 Å². The van der Waals surface area contributed by atoms with Gasteiger partial charge < -0.3 is 4.90 Å². The molecule has 1 aliphatic heterocycles. The summed E-state index contributed by atoms with van der Waals surface area (Å²) < 4.78 is 0. The Labute approximate surface area is 133 Å². The van der Waals surface area contributed by atoms with E-state index in [1.165, 1.54) is 32.4 Å². The second kappa shape index (κ2) is 7.77. The number of carbonyl (C=O) groups is 1. The Balaban J connectivity index is 0.00000161. The number of hydrogen-bond acceptors (Lipinski definition) is 2. The second-order valence-electron chi connectivity index (χ2n) is 6.04. The van der Waals surface area contributed by atoms with Crippen LogP contribution in [-0.2, 0) is 4.79 Å². The summed E-state index contributed by atoms with van der Waals surface area (Å²) >= 11 is 0. The average Bonchev–Trinajstić information content (AvgIpc) is 2.83. The number of piperidine rings is 1. The van der Waals surface area contributed by atoms with Crippen LogP contribution >= 0.6 is 12.4 Å². The van der Waals surface area contributed by atoms with Gasteiger partial charge in [0.1, 0.15) is 0 Å². The van der Waals surface area contributed by atoms with Crippen molar-refractivity contribution in [2.75, 3.05) is 19.6 Å². The lowest BCUT2D eigenvalue weighted by molar-refractivity contribution is -0.118. The molecule has 2 fully saturated rings. The average molecular weight is 306 g/mol. The molecular weight excluding hydrogens is 282 g/mol. The fourth-order valence-electron chi connectivity index (χ4n) is 3.37. The molecule has 1 aromatic rings. The van der Waals surface area contributed by atoms with Gasteiger partial charge in [0.15, 0.2) is 5.78 Å². The number of nitrogens with zero attached hydrogens (tertiary/aromatic N) is 1. The summed E-state index contributed by atoms with van der Waals surface area (Å²) in [5, 5.41) is 0. The summed E-state index contributed by atoms with van der Waals surface area (Å²) in [6.07, 6.45) is 8.02. The van der Waals surface area contributed by atoms with E-state index in [2.05, 4.69) is 23.1 Å². The zero-order chi connectivity index (χ0) is 13.8. The topological polar surface area (TPSA) is 20.3 Å². The van der Waals surface area contributed by atoms with E-state index >= 15 is 0 Å². The summed E-state index contributed by atoms with van der Waals surface area (Å²) in [4.78, 5) is 15.0. The number of rotatable bonds is 3. The Morgan fingerprint density at radius 3 is 2.52 bits per heavy atom. The molecule has 114 valence electrons. The minimum atomic E-state index is 0. The molecule has 1 heterocycles. The lowest BCUT2D eigenvalue weighted by atomic mass is 10.0. The molecule has 2 nitrogen and oxygen atoms in total. The van der Waals surface area contributed by atoms with Gasteiger partial charge in [-0.2, -0.15) is 0 Å². The third-order valence-electron chi connectivity index (χ3n) is 4.52. The van der Waals surface area contributed by atoms with Gasteiger partial charge in [-0.15, -0.1) is 12.4 Å². The highest BCUT2D eigenvalue weighted by Crippen LogP contribution is 2.29. The number of ketones is 1. The van der Waals surface area contributed by atoms with Gasteiger partial charge in [0, 0.05) is 12.5 Å². The van der Waals surface area contributed by atoms with Crippen molar-refractivity contribution in [3.63, 3.8) is 0 Å². The lowest BCUT2D eigenvalue weighted by Crippen LogP contribution is -2.35. The Kier molecular flexibility index (Phi) is 6.01. The maximum absolute atomic E-state index is 12.5. The second-order valence-corrected chi connectivity index (χ2v) is 6.04. The van der Waals surface area contributed by atoms with E-state index in [1.807, 2.05) is 18.2 Å². The molecule has 0 bridgehead atoms. The number of allylic oxidation sites excluding steroid dienone is 1. The van der Waals surface area contributed by atoms with Crippen LogP contribution in [0.15, 0.2) is 35.9 Å². The molecular formula is C18H24ClNO. The first-order chi connectivity index (χ1) is 9.83. The van der Waals surface area contributed by atoms with Gasteiger partial charge in [-0.05, 0) is 56.0 Å². The monoisotopic (exact) mass is 305 g/mol. The largest absolute Gasteiger partial charge is 0.303 e. The molecule has 1 saturated carbocycles. The van der Waals surface area contributed by atoms with Gasteiger partial charge >= 0.3 is 0 Å². The maximum Gasteiger partial charge on any atom is 0.163 e. The minimum absolute atomic E-state index is 0. The summed E-state index contributed by atoms with van der Waals surface area (Å²) in [6.45, 7) is 3.34. The van der Waals surface area contributed by atoms with Crippen molar-refractivity contribution in [2.24, 2.45) is 5.92 Å². The van der Waals surface area contributed by atoms with Gasteiger partial charge in [-0.25, -0.2) is 0 Å². The Morgan fingerprint density at radius 1 is 1.10 bits per heavy atom. The molecule has 2 aliphatic rings. The highest BCUT2D eigenvalue weighted by Gasteiger charge is 2.30. The highest BCUT2D eigenvalue weighted by atomic mass is 35.5.